The van der Waals surface area contributed by atoms with E-state index < -0.39 is 0 Å². The first kappa shape index (κ1) is 11.6. The summed E-state index contributed by atoms with van der Waals surface area (Å²) in [6.45, 7) is 2.00. The van der Waals surface area contributed by atoms with Gasteiger partial charge in [0.25, 0.3) is 0 Å². The Morgan fingerprint density at radius 2 is 1.83 bits per heavy atom. The molecule has 0 amide bonds. The number of nitrogens with zero attached hydrogens (tertiary/aromatic N) is 1. The van der Waals surface area contributed by atoms with Gasteiger partial charge in [0, 0.05) is 11.1 Å². The summed E-state index contributed by atoms with van der Waals surface area (Å²) in [5.74, 6) is 1.31. The van der Waals surface area contributed by atoms with E-state index in [1.807, 2.05) is 25.1 Å². The van der Waals surface area contributed by atoms with Crippen molar-refractivity contribution in [2.24, 2.45) is 4.99 Å². The van der Waals surface area contributed by atoms with Gasteiger partial charge in [-0.3, -0.25) is 0 Å². The fraction of sp³-hybridized carbons (Fsp3) is 0.0714. The van der Waals surface area contributed by atoms with Crippen LogP contribution in [0.4, 0.5) is 5.69 Å². The number of fused-ring (bicyclic) bond motifs is 2. The Balaban J connectivity index is 2.23. The molecule has 2 nitrogen and oxygen atoms in total. The molecule has 0 fully saturated rings. The Hall–Kier alpha value is -1.51. The lowest BCUT2D eigenvalue weighted by atomic mass is 10.1. The zero-order valence-corrected chi connectivity index (χ0v) is 11.1. The van der Waals surface area contributed by atoms with Gasteiger partial charge in [0.15, 0.2) is 5.75 Å². The zero-order chi connectivity index (χ0) is 12.7. The topological polar surface area (TPSA) is 21.6 Å². The maximum atomic E-state index is 6.21. The minimum atomic E-state index is 0.422. The minimum Gasteiger partial charge on any atom is -0.454 e. The van der Waals surface area contributed by atoms with E-state index in [0.717, 1.165) is 11.1 Å². The minimum absolute atomic E-state index is 0.422. The van der Waals surface area contributed by atoms with E-state index in [1.54, 1.807) is 18.2 Å². The second-order valence-electron chi connectivity index (χ2n) is 4.12. The van der Waals surface area contributed by atoms with Crippen molar-refractivity contribution in [3.05, 3.63) is 52.5 Å². The highest BCUT2D eigenvalue weighted by Gasteiger charge is 2.17. The Morgan fingerprint density at radius 1 is 1.00 bits per heavy atom. The summed E-state index contributed by atoms with van der Waals surface area (Å²) in [5.41, 5.74) is 2.57. The van der Waals surface area contributed by atoms with Crippen LogP contribution in [0, 0.1) is 6.92 Å². The molecule has 2 aromatic rings. The fourth-order valence-electron chi connectivity index (χ4n) is 1.83. The second kappa shape index (κ2) is 4.30. The molecule has 0 unspecified atom stereocenters. The highest BCUT2D eigenvalue weighted by Crippen LogP contribution is 2.39. The second-order valence-corrected chi connectivity index (χ2v) is 4.91. The van der Waals surface area contributed by atoms with Gasteiger partial charge in [-0.1, -0.05) is 29.3 Å². The smallest absolute Gasteiger partial charge is 0.154 e. The normalized spacial score (nSPS) is 12.9. The van der Waals surface area contributed by atoms with Gasteiger partial charge in [0.2, 0.25) is 0 Å². The predicted octanol–water partition coefficient (Wildman–Crippen LogP) is 5.07. The van der Waals surface area contributed by atoms with E-state index in [4.69, 9.17) is 27.9 Å². The van der Waals surface area contributed by atoms with Crippen LogP contribution in [0.15, 0.2) is 41.4 Å². The largest absolute Gasteiger partial charge is 0.454 e. The molecule has 0 bridgehead atoms. The van der Waals surface area contributed by atoms with Crippen LogP contribution in [-0.4, -0.2) is 5.17 Å². The number of benzene rings is 2. The summed E-state index contributed by atoms with van der Waals surface area (Å²) in [4.78, 5) is 4.35. The lowest BCUT2D eigenvalue weighted by Gasteiger charge is -2.09. The number of halogens is 2. The highest BCUT2D eigenvalue weighted by molar-refractivity contribution is 6.70. The van der Waals surface area contributed by atoms with Crippen molar-refractivity contribution in [2.75, 3.05) is 0 Å². The number of hydrogen-bond acceptors (Lipinski definition) is 2. The van der Waals surface area contributed by atoms with E-state index >= 15 is 0 Å². The van der Waals surface area contributed by atoms with Crippen molar-refractivity contribution in [3.63, 3.8) is 0 Å². The SMILES string of the molecule is Cc1ccc2c(c1)Oc1cc(Cl)ccc1N=C2Cl. The summed E-state index contributed by atoms with van der Waals surface area (Å²) in [5, 5.41) is 1.03. The molecule has 0 aromatic heterocycles. The van der Waals surface area contributed by atoms with Gasteiger partial charge in [-0.05, 0) is 36.8 Å². The molecule has 0 N–H and O–H groups in total. The fourth-order valence-corrected chi connectivity index (χ4v) is 2.24. The van der Waals surface area contributed by atoms with Gasteiger partial charge in [-0.15, -0.1) is 0 Å². The van der Waals surface area contributed by atoms with Crippen molar-refractivity contribution in [3.8, 4) is 11.5 Å². The van der Waals surface area contributed by atoms with Crippen molar-refractivity contribution in [2.45, 2.75) is 6.92 Å². The molecule has 0 radical (unpaired) electrons. The van der Waals surface area contributed by atoms with E-state index in [-0.39, 0.29) is 0 Å². The molecule has 4 heteroatoms. The van der Waals surface area contributed by atoms with Gasteiger partial charge in [-0.2, -0.15) is 0 Å². The van der Waals surface area contributed by atoms with Crippen molar-refractivity contribution in [1.29, 1.82) is 0 Å². The number of aliphatic imine (C=N–C) groups is 1. The average Bonchev–Trinajstić information content (AvgIpc) is 2.44. The van der Waals surface area contributed by atoms with E-state index in [0.29, 0.717) is 27.4 Å². The molecule has 0 saturated carbocycles. The van der Waals surface area contributed by atoms with E-state index in [1.165, 1.54) is 0 Å². The van der Waals surface area contributed by atoms with Crippen molar-refractivity contribution < 1.29 is 4.74 Å². The van der Waals surface area contributed by atoms with E-state index in [9.17, 15) is 0 Å². The molecule has 2 aromatic carbocycles. The Morgan fingerprint density at radius 3 is 2.67 bits per heavy atom. The Labute approximate surface area is 115 Å². The molecule has 0 saturated heterocycles. The number of hydrogen-bond donors (Lipinski definition) is 0. The van der Waals surface area contributed by atoms with Gasteiger partial charge >= 0.3 is 0 Å². The molecule has 18 heavy (non-hydrogen) atoms. The zero-order valence-electron chi connectivity index (χ0n) is 9.58. The number of ether oxygens (including phenoxy) is 1. The lowest BCUT2D eigenvalue weighted by molar-refractivity contribution is 0.484. The maximum Gasteiger partial charge on any atom is 0.154 e. The molecule has 1 heterocycles. The molecule has 0 aliphatic carbocycles. The predicted molar refractivity (Wildman–Crippen MR) is 74.8 cm³/mol. The molecule has 0 atom stereocenters. The van der Waals surface area contributed by atoms with Crippen LogP contribution < -0.4 is 4.74 Å². The third-order valence-electron chi connectivity index (χ3n) is 2.72. The monoisotopic (exact) mass is 277 g/mol. The van der Waals surface area contributed by atoms with E-state index in [2.05, 4.69) is 4.99 Å². The molecule has 90 valence electrons. The first-order chi connectivity index (χ1) is 8.63. The number of rotatable bonds is 0. The van der Waals surface area contributed by atoms with Crippen LogP contribution >= 0.6 is 23.2 Å². The molecule has 3 rings (SSSR count). The maximum absolute atomic E-state index is 6.21. The third-order valence-corrected chi connectivity index (χ3v) is 3.24. The molecular formula is C14H9Cl2NO. The van der Waals surface area contributed by atoms with Crippen LogP contribution in [0.2, 0.25) is 5.02 Å². The summed E-state index contributed by atoms with van der Waals surface area (Å²) >= 11 is 12.2. The van der Waals surface area contributed by atoms with Crippen LogP contribution in [0.5, 0.6) is 11.5 Å². The molecular weight excluding hydrogens is 269 g/mol. The summed E-state index contributed by atoms with van der Waals surface area (Å²) in [6, 6.07) is 11.1. The van der Waals surface area contributed by atoms with Gasteiger partial charge in [0.1, 0.15) is 16.6 Å². The molecule has 1 aliphatic rings. The summed E-state index contributed by atoms with van der Waals surface area (Å²) in [6.07, 6.45) is 0. The van der Waals surface area contributed by atoms with Crippen molar-refractivity contribution in [1.82, 2.24) is 0 Å². The van der Waals surface area contributed by atoms with Crippen LogP contribution in [-0.2, 0) is 0 Å². The average molecular weight is 278 g/mol. The highest BCUT2D eigenvalue weighted by atomic mass is 35.5. The molecule has 1 aliphatic heterocycles. The van der Waals surface area contributed by atoms with Crippen molar-refractivity contribution >= 4 is 34.1 Å². The van der Waals surface area contributed by atoms with Crippen LogP contribution in [0.1, 0.15) is 11.1 Å². The first-order valence-corrected chi connectivity index (χ1v) is 6.22. The summed E-state index contributed by atoms with van der Waals surface area (Å²) in [7, 11) is 0. The molecule has 0 spiro atoms. The number of aryl methyl sites for hydroxylation is 1. The Kier molecular flexibility index (Phi) is 2.77. The standard InChI is InChI=1S/C14H9Cl2NO/c1-8-2-4-10-12(6-8)18-13-7-9(15)3-5-11(13)17-14(10)16/h2-7H,1H3. The first-order valence-electron chi connectivity index (χ1n) is 5.46. The quantitative estimate of drug-likeness (QED) is 0.659. The third kappa shape index (κ3) is 1.98. The van der Waals surface area contributed by atoms with Gasteiger partial charge in [0.05, 0.1) is 5.56 Å². The summed E-state index contributed by atoms with van der Waals surface area (Å²) < 4.78 is 5.85. The van der Waals surface area contributed by atoms with Crippen LogP contribution in [0.3, 0.4) is 0 Å². The lowest BCUT2D eigenvalue weighted by Crippen LogP contribution is -1.93. The van der Waals surface area contributed by atoms with Gasteiger partial charge < -0.3 is 4.74 Å². The van der Waals surface area contributed by atoms with Crippen LogP contribution in [0.25, 0.3) is 0 Å². The van der Waals surface area contributed by atoms with Gasteiger partial charge in [-0.25, -0.2) is 4.99 Å². The Bertz CT molecular complexity index is 665.